The van der Waals surface area contributed by atoms with Gasteiger partial charge in [0.25, 0.3) is 0 Å². The molecule has 1 atom stereocenters. The second kappa shape index (κ2) is 7.69. The van der Waals surface area contributed by atoms with Gasteiger partial charge in [0.2, 0.25) is 0 Å². The lowest BCUT2D eigenvalue weighted by molar-refractivity contribution is -0.0166. The monoisotopic (exact) mass is 364 g/mol. The molecule has 1 saturated heterocycles. The van der Waals surface area contributed by atoms with Crippen molar-refractivity contribution < 1.29 is 14.6 Å². The van der Waals surface area contributed by atoms with Crippen LogP contribution in [0.25, 0.3) is 5.69 Å². The van der Waals surface area contributed by atoms with Crippen LogP contribution in [0.15, 0.2) is 60.9 Å². The first kappa shape index (κ1) is 17.4. The minimum Gasteiger partial charge on any atom is -0.478 e. The van der Waals surface area contributed by atoms with Gasteiger partial charge in [-0.25, -0.2) is 14.5 Å². The van der Waals surface area contributed by atoms with Gasteiger partial charge in [-0.15, -0.1) is 0 Å². The lowest BCUT2D eigenvalue weighted by Gasteiger charge is -2.35. The van der Waals surface area contributed by atoms with E-state index in [1.165, 1.54) is 0 Å². The molecule has 0 saturated carbocycles. The topological polar surface area (TPSA) is 80.5 Å². The predicted octanol–water partition coefficient (Wildman–Crippen LogP) is 2.54. The minimum absolute atomic E-state index is 0.0602. The van der Waals surface area contributed by atoms with E-state index in [-0.39, 0.29) is 6.04 Å². The van der Waals surface area contributed by atoms with Crippen LogP contribution in [0.2, 0.25) is 0 Å². The zero-order chi connectivity index (χ0) is 18.6. The number of hydrogen-bond acceptors (Lipinski definition) is 5. The maximum absolute atomic E-state index is 11.2. The molecular weight excluding hydrogens is 344 g/mol. The molecular formula is C20H20N4O3. The van der Waals surface area contributed by atoms with Gasteiger partial charge in [0.05, 0.1) is 30.5 Å². The van der Waals surface area contributed by atoms with Gasteiger partial charge < -0.3 is 9.84 Å². The molecule has 0 amide bonds. The van der Waals surface area contributed by atoms with Gasteiger partial charge in [0, 0.05) is 13.1 Å². The highest BCUT2D eigenvalue weighted by molar-refractivity contribution is 5.87. The third kappa shape index (κ3) is 3.74. The Morgan fingerprint density at radius 1 is 1.19 bits per heavy atom. The number of rotatable bonds is 5. The summed E-state index contributed by atoms with van der Waals surface area (Å²) in [5.74, 6) is -0.102. The van der Waals surface area contributed by atoms with Crippen molar-refractivity contribution in [2.75, 3.05) is 19.8 Å². The van der Waals surface area contributed by atoms with Crippen molar-refractivity contribution in [2.24, 2.45) is 0 Å². The normalized spacial score (nSPS) is 17.7. The zero-order valence-electron chi connectivity index (χ0n) is 14.7. The molecule has 1 fully saturated rings. The number of morpholine rings is 1. The fourth-order valence-electron chi connectivity index (χ4n) is 3.35. The van der Waals surface area contributed by atoms with Crippen LogP contribution in [0.3, 0.4) is 0 Å². The summed E-state index contributed by atoms with van der Waals surface area (Å²) in [6.07, 6.45) is 1.56. The van der Waals surface area contributed by atoms with Crippen molar-refractivity contribution in [2.45, 2.75) is 12.6 Å². The van der Waals surface area contributed by atoms with Crippen LogP contribution >= 0.6 is 0 Å². The van der Waals surface area contributed by atoms with Crippen molar-refractivity contribution in [3.05, 3.63) is 77.9 Å². The van der Waals surface area contributed by atoms with Crippen LogP contribution in [-0.4, -0.2) is 50.5 Å². The molecule has 27 heavy (non-hydrogen) atoms. The Hall–Kier alpha value is -3.03. The van der Waals surface area contributed by atoms with E-state index >= 15 is 0 Å². The second-order valence-corrected chi connectivity index (χ2v) is 6.43. The number of hydrogen-bond donors (Lipinski definition) is 1. The minimum atomic E-state index is -0.917. The van der Waals surface area contributed by atoms with Crippen LogP contribution < -0.4 is 0 Å². The average Bonchev–Trinajstić information content (AvgIpc) is 3.19. The summed E-state index contributed by atoms with van der Waals surface area (Å²) < 4.78 is 7.54. The maximum Gasteiger partial charge on any atom is 0.335 e. The Morgan fingerprint density at radius 3 is 2.85 bits per heavy atom. The maximum atomic E-state index is 11.2. The lowest BCUT2D eigenvalue weighted by Crippen LogP contribution is -2.40. The quantitative estimate of drug-likeness (QED) is 0.749. The Bertz CT molecular complexity index is 926. The van der Waals surface area contributed by atoms with Crippen LogP contribution in [0.5, 0.6) is 0 Å². The summed E-state index contributed by atoms with van der Waals surface area (Å²) in [6.45, 7) is 2.51. The number of carboxylic acid groups (broad SMARTS) is 1. The first-order valence-corrected chi connectivity index (χ1v) is 8.82. The van der Waals surface area contributed by atoms with Gasteiger partial charge in [0.1, 0.15) is 6.33 Å². The van der Waals surface area contributed by atoms with E-state index in [4.69, 9.17) is 4.74 Å². The average molecular weight is 364 g/mol. The number of aromatic nitrogens is 3. The number of aromatic carboxylic acids is 1. The fourth-order valence-corrected chi connectivity index (χ4v) is 3.35. The van der Waals surface area contributed by atoms with Crippen LogP contribution in [0, 0.1) is 0 Å². The second-order valence-electron chi connectivity index (χ2n) is 6.43. The summed E-state index contributed by atoms with van der Waals surface area (Å²) in [5.41, 5.74) is 2.20. The predicted molar refractivity (Wildman–Crippen MR) is 98.7 cm³/mol. The molecule has 1 unspecified atom stereocenters. The van der Waals surface area contributed by atoms with Crippen LogP contribution in [0.4, 0.5) is 0 Å². The Kier molecular flexibility index (Phi) is 4.95. The molecule has 7 nitrogen and oxygen atoms in total. The molecule has 3 aromatic rings. The molecule has 2 aromatic carbocycles. The molecule has 1 aliphatic heterocycles. The van der Waals surface area contributed by atoms with Gasteiger partial charge in [-0.3, -0.25) is 4.90 Å². The van der Waals surface area contributed by atoms with E-state index in [0.29, 0.717) is 25.3 Å². The zero-order valence-corrected chi connectivity index (χ0v) is 14.7. The summed E-state index contributed by atoms with van der Waals surface area (Å²) >= 11 is 0. The molecule has 2 heterocycles. The SMILES string of the molecule is O=C(O)c1cccc(CN2CCOCC2c2ncnn2-c2ccccc2)c1. The lowest BCUT2D eigenvalue weighted by atomic mass is 10.1. The largest absolute Gasteiger partial charge is 0.478 e. The molecule has 4 rings (SSSR count). The first-order valence-electron chi connectivity index (χ1n) is 8.82. The molecule has 1 N–H and O–H groups in total. The first-order chi connectivity index (χ1) is 13.2. The highest BCUT2D eigenvalue weighted by Gasteiger charge is 2.29. The molecule has 1 aliphatic rings. The van der Waals surface area contributed by atoms with Gasteiger partial charge in [-0.05, 0) is 29.8 Å². The molecule has 0 radical (unpaired) electrons. The van der Waals surface area contributed by atoms with E-state index in [0.717, 1.165) is 23.6 Å². The van der Waals surface area contributed by atoms with Gasteiger partial charge >= 0.3 is 5.97 Å². The highest BCUT2D eigenvalue weighted by Crippen LogP contribution is 2.26. The van der Waals surface area contributed by atoms with Crippen molar-refractivity contribution in [3.8, 4) is 5.69 Å². The number of carbonyl (C=O) groups is 1. The van der Waals surface area contributed by atoms with Crippen molar-refractivity contribution >= 4 is 5.97 Å². The molecule has 1 aromatic heterocycles. The summed E-state index contributed by atoms with van der Waals surface area (Å²) in [5, 5.41) is 13.6. The smallest absolute Gasteiger partial charge is 0.335 e. The van der Waals surface area contributed by atoms with Gasteiger partial charge in [-0.2, -0.15) is 5.10 Å². The van der Waals surface area contributed by atoms with E-state index in [1.807, 2.05) is 41.1 Å². The number of benzene rings is 2. The highest BCUT2D eigenvalue weighted by atomic mass is 16.5. The number of carboxylic acids is 1. The third-order valence-electron chi connectivity index (χ3n) is 4.67. The number of ether oxygens (including phenoxy) is 1. The molecule has 7 heteroatoms. The molecule has 0 aliphatic carbocycles. The fraction of sp³-hybridized carbons (Fsp3) is 0.250. The number of para-hydroxylation sites is 1. The van der Waals surface area contributed by atoms with E-state index < -0.39 is 5.97 Å². The van der Waals surface area contributed by atoms with E-state index in [1.54, 1.807) is 24.5 Å². The van der Waals surface area contributed by atoms with Crippen LogP contribution in [-0.2, 0) is 11.3 Å². The molecule has 138 valence electrons. The standard InChI is InChI=1S/C20H20N4O3/c25-20(26)16-6-4-5-15(11-16)12-23-9-10-27-13-18(23)19-21-14-22-24(19)17-7-2-1-3-8-17/h1-8,11,14,18H,9-10,12-13H2,(H,25,26). The van der Waals surface area contributed by atoms with Crippen molar-refractivity contribution in [1.82, 2.24) is 19.7 Å². The van der Waals surface area contributed by atoms with Crippen LogP contribution in [0.1, 0.15) is 27.8 Å². The third-order valence-corrected chi connectivity index (χ3v) is 4.67. The van der Waals surface area contributed by atoms with E-state index in [9.17, 15) is 9.90 Å². The van der Waals surface area contributed by atoms with Crippen molar-refractivity contribution in [1.29, 1.82) is 0 Å². The summed E-state index contributed by atoms with van der Waals surface area (Å²) in [7, 11) is 0. The Balaban J connectivity index is 1.62. The molecule has 0 bridgehead atoms. The van der Waals surface area contributed by atoms with Gasteiger partial charge in [0.15, 0.2) is 5.82 Å². The number of nitrogens with zero attached hydrogens (tertiary/aromatic N) is 4. The molecule has 0 spiro atoms. The Labute approximate surface area is 156 Å². The van der Waals surface area contributed by atoms with Crippen molar-refractivity contribution in [3.63, 3.8) is 0 Å². The summed E-state index contributed by atoms with van der Waals surface area (Å²) in [4.78, 5) is 18.0. The summed E-state index contributed by atoms with van der Waals surface area (Å²) in [6, 6.07) is 16.9. The Morgan fingerprint density at radius 2 is 2.04 bits per heavy atom. The van der Waals surface area contributed by atoms with Gasteiger partial charge in [-0.1, -0.05) is 30.3 Å². The van der Waals surface area contributed by atoms with E-state index in [2.05, 4.69) is 15.0 Å².